The fourth-order valence-electron chi connectivity index (χ4n) is 2.31. The van der Waals surface area contributed by atoms with Gasteiger partial charge in [0.05, 0.1) is 12.7 Å². The summed E-state index contributed by atoms with van der Waals surface area (Å²) in [6, 6.07) is 5.90. The molecule has 0 fully saturated rings. The first-order chi connectivity index (χ1) is 10.2. The molecule has 1 unspecified atom stereocenters. The molecule has 1 N–H and O–H groups in total. The molecule has 2 aromatic rings. The Hall–Kier alpha value is -1.03. The summed E-state index contributed by atoms with van der Waals surface area (Å²) in [4.78, 5) is 0. The Balaban J connectivity index is 2.12. The Morgan fingerprint density at radius 3 is 2.57 bits per heavy atom. The molecule has 1 atom stereocenters. The van der Waals surface area contributed by atoms with E-state index >= 15 is 0 Å². The maximum atomic E-state index is 6.21. The third-order valence-corrected chi connectivity index (χ3v) is 4.19. The van der Waals surface area contributed by atoms with Crippen LogP contribution in [0.5, 0.6) is 0 Å². The minimum atomic E-state index is 0.348. The molecule has 0 bridgehead atoms. The number of hydrogen-bond donors (Lipinski definition) is 1. The Bertz CT molecular complexity index is 560. The number of hydrogen-bond acceptors (Lipinski definition) is 2. The standard InChI is InChI=1S/C16H21Cl2N3/c1-3-8-19-16(4-2)12-9-20-21(10-12)11-13-14(17)6-5-7-15(13)18/h5-7,9-10,16,19H,3-4,8,11H2,1-2H3. The van der Waals surface area contributed by atoms with Crippen LogP contribution in [-0.4, -0.2) is 16.3 Å². The fourth-order valence-corrected chi connectivity index (χ4v) is 2.82. The monoisotopic (exact) mass is 325 g/mol. The molecule has 0 amide bonds. The van der Waals surface area contributed by atoms with Crippen molar-refractivity contribution in [2.75, 3.05) is 6.54 Å². The van der Waals surface area contributed by atoms with Crippen molar-refractivity contribution in [2.24, 2.45) is 0 Å². The second-order valence-electron chi connectivity index (χ2n) is 5.09. The van der Waals surface area contributed by atoms with Crippen LogP contribution in [0.1, 0.15) is 43.9 Å². The van der Waals surface area contributed by atoms with Gasteiger partial charge in [0.2, 0.25) is 0 Å². The average Bonchev–Trinajstić information content (AvgIpc) is 2.92. The van der Waals surface area contributed by atoms with Crippen LogP contribution < -0.4 is 5.32 Å². The van der Waals surface area contributed by atoms with E-state index < -0.39 is 0 Å². The molecule has 0 aliphatic carbocycles. The van der Waals surface area contributed by atoms with Gasteiger partial charge >= 0.3 is 0 Å². The molecule has 0 spiro atoms. The maximum absolute atomic E-state index is 6.21. The summed E-state index contributed by atoms with van der Waals surface area (Å²) >= 11 is 12.4. The lowest BCUT2D eigenvalue weighted by Crippen LogP contribution is -2.21. The van der Waals surface area contributed by atoms with E-state index in [0.717, 1.165) is 24.9 Å². The van der Waals surface area contributed by atoms with E-state index in [1.165, 1.54) is 5.56 Å². The van der Waals surface area contributed by atoms with Gasteiger partial charge in [-0.1, -0.05) is 43.1 Å². The SMILES string of the molecule is CCCNC(CC)c1cnn(Cc2c(Cl)cccc2Cl)c1. The first-order valence-electron chi connectivity index (χ1n) is 7.34. The van der Waals surface area contributed by atoms with E-state index in [-0.39, 0.29) is 0 Å². The Labute approximate surface area is 136 Å². The normalized spacial score (nSPS) is 12.6. The number of aromatic nitrogens is 2. The molecule has 1 aromatic carbocycles. The van der Waals surface area contributed by atoms with Crippen LogP contribution >= 0.6 is 23.2 Å². The van der Waals surface area contributed by atoms with Gasteiger partial charge in [0.15, 0.2) is 0 Å². The van der Waals surface area contributed by atoms with Crippen LogP contribution in [-0.2, 0) is 6.54 Å². The zero-order chi connectivity index (χ0) is 15.2. The van der Waals surface area contributed by atoms with Gasteiger partial charge in [-0.05, 0) is 31.5 Å². The van der Waals surface area contributed by atoms with Crippen LogP contribution in [0.25, 0.3) is 0 Å². The van der Waals surface area contributed by atoms with E-state index in [1.54, 1.807) is 0 Å². The summed E-state index contributed by atoms with van der Waals surface area (Å²) in [6.07, 6.45) is 6.15. The third-order valence-electron chi connectivity index (χ3n) is 3.49. The minimum Gasteiger partial charge on any atom is -0.310 e. The van der Waals surface area contributed by atoms with Crippen LogP contribution in [0.2, 0.25) is 10.0 Å². The van der Waals surface area contributed by atoms with Crippen LogP contribution in [0.15, 0.2) is 30.6 Å². The number of halogens is 2. The molecule has 21 heavy (non-hydrogen) atoms. The highest BCUT2D eigenvalue weighted by Gasteiger charge is 2.12. The van der Waals surface area contributed by atoms with Crippen molar-refractivity contribution in [2.45, 2.75) is 39.3 Å². The van der Waals surface area contributed by atoms with Gasteiger partial charge in [-0.25, -0.2) is 0 Å². The molecule has 0 radical (unpaired) electrons. The van der Waals surface area contributed by atoms with Gasteiger partial charge in [-0.15, -0.1) is 0 Å². The number of nitrogens with zero attached hydrogens (tertiary/aromatic N) is 2. The quantitative estimate of drug-likeness (QED) is 0.800. The van der Waals surface area contributed by atoms with E-state index in [9.17, 15) is 0 Å². The summed E-state index contributed by atoms with van der Waals surface area (Å²) in [7, 11) is 0. The third kappa shape index (κ3) is 4.22. The summed E-state index contributed by atoms with van der Waals surface area (Å²) in [5.41, 5.74) is 2.11. The first-order valence-corrected chi connectivity index (χ1v) is 8.09. The van der Waals surface area contributed by atoms with Crippen molar-refractivity contribution in [3.05, 3.63) is 51.8 Å². The van der Waals surface area contributed by atoms with Crippen LogP contribution in [0, 0.1) is 0 Å². The van der Waals surface area contributed by atoms with E-state index in [4.69, 9.17) is 23.2 Å². The van der Waals surface area contributed by atoms with Gasteiger partial charge in [-0.2, -0.15) is 5.10 Å². The Morgan fingerprint density at radius 2 is 1.95 bits per heavy atom. The smallest absolute Gasteiger partial charge is 0.0688 e. The molecule has 1 heterocycles. The van der Waals surface area contributed by atoms with E-state index in [2.05, 4.69) is 30.5 Å². The van der Waals surface area contributed by atoms with Crippen LogP contribution in [0.4, 0.5) is 0 Å². The molecular weight excluding hydrogens is 305 g/mol. The van der Waals surface area contributed by atoms with Gasteiger partial charge in [0.1, 0.15) is 0 Å². The molecule has 0 saturated carbocycles. The van der Waals surface area contributed by atoms with Crippen molar-refractivity contribution in [3.63, 3.8) is 0 Å². The average molecular weight is 326 g/mol. The topological polar surface area (TPSA) is 29.9 Å². The van der Waals surface area contributed by atoms with E-state index in [1.807, 2.05) is 29.1 Å². The molecular formula is C16H21Cl2N3. The highest BCUT2D eigenvalue weighted by Crippen LogP contribution is 2.25. The zero-order valence-corrected chi connectivity index (χ0v) is 14.0. The summed E-state index contributed by atoms with van der Waals surface area (Å²) < 4.78 is 1.89. The van der Waals surface area contributed by atoms with Crippen molar-refractivity contribution < 1.29 is 0 Å². The van der Waals surface area contributed by atoms with E-state index in [0.29, 0.717) is 22.6 Å². The highest BCUT2D eigenvalue weighted by molar-refractivity contribution is 6.35. The highest BCUT2D eigenvalue weighted by atomic mass is 35.5. The molecule has 5 heteroatoms. The molecule has 2 rings (SSSR count). The van der Waals surface area contributed by atoms with Gasteiger partial charge in [0, 0.05) is 33.4 Å². The van der Waals surface area contributed by atoms with Gasteiger partial charge < -0.3 is 5.32 Å². The largest absolute Gasteiger partial charge is 0.310 e. The minimum absolute atomic E-state index is 0.348. The maximum Gasteiger partial charge on any atom is 0.0688 e. The molecule has 0 aliphatic rings. The summed E-state index contributed by atoms with van der Waals surface area (Å²) in [5, 5.41) is 9.31. The summed E-state index contributed by atoms with van der Waals surface area (Å²) in [5.74, 6) is 0. The molecule has 0 saturated heterocycles. The lowest BCUT2D eigenvalue weighted by molar-refractivity contribution is 0.517. The first kappa shape index (κ1) is 16.3. The second kappa shape index (κ2) is 7.83. The lowest BCUT2D eigenvalue weighted by atomic mass is 10.1. The molecule has 0 aliphatic heterocycles. The van der Waals surface area contributed by atoms with Crippen molar-refractivity contribution >= 4 is 23.2 Å². The predicted octanol–water partition coefficient (Wildman–Crippen LogP) is 4.69. The van der Waals surface area contributed by atoms with Crippen molar-refractivity contribution in [1.29, 1.82) is 0 Å². The second-order valence-corrected chi connectivity index (χ2v) is 5.90. The van der Waals surface area contributed by atoms with Crippen molar-refractivity contribution in [3.8, 4) is 0 Å². The van der Waals surface area contributed by atoms with Gasteiger partial charge in [0.25, 0.3) is 0 Å². The molecule has 3 nitrogen and oxygen atoms in total. The fraction of sp³-hybridized carbons (Fsp3) is 0.438. The van der Waals surface area contributed by atoms with Crippen LogP contribution in [0.3, 0.4) is 0 Å². The zero-order valence-electron chi connectivity index (χ0n) is 12.4. The predicted molar refractivity (Wildman–Crippen MR) is 89.1 cm³/mol. The molecule has 1 aromatic heterocycles. The number of nitrogens with one attached hydrogen (secondary N) is 1. The van der Waals surface area contributed by atoms with Crippen molar-refractivity contribution in [1.82, 2.24) is 15.1 Å². The number of rotatable bonds is 7. The van der Waals surface area contributed by atoms with Gasteiger partial charge in [-0.3, -0.25) is 4.68 Å². The molecule has 114 valence electrons. The summed E-state index contributed by atoms with van der Waals surface area (Å²) in [6.45, 7) is 5.95. The lowest BCUT2D eigenvalue weighted by Gasteiger charge is -2.14. The Morgan fingerprint density at radius 1 is 1.24 bits per heavy atom. The number of benzene rings is 1. The Kier molecular flexibility index (Phi) is 6.09.